The predicted molar refractivity (Wildman–Crippen MR) is 152 cm³/mol. The van der Waals surface area contributed by atoms with Gasteiger partial charge in [-0.1, -0.05) is 67.0 Å². The van der Waals surface area contributed by atoms with Crippen molar-refractivity contribution in [2.45, 2.75) is 39.5 Å². The molecule has 3 aromatic carbocycles. The molecule has 0 amide bonds. The average Bonchev–Trinajstić information content (AvgIpc) is 3.40. The fourth-order valence-corrected chi connectivity index (χ4v) is 4.86. The van der Waals surface area contributed by atoms with E-state index in [1.165, 1.54) is 17.7 Å². The molecule has 5 aromatic rings. The molecule has 0 aliphatic heterocycles. The van der Waals surface area contributed by atoms with Crippen LogP contribution in [0.1, 0.15) is 42.4 Å². The Morgan fingerprint density at radius 2 is 1.77 bits per heavy atom. The zero-order chi connectivity index (χ0) is 28.2. The molecule has 40 heavy (non-hydrogen) atoms. The number of phenolic OH excluding ortho intramolecular Hbond substituents is 1. The van der Waals surface area contributed by atoms with E-state index in [4.69, 9.17) is 14.2 Å². The van der Waals surface area contributed by atoms with Gasteiger partial charge >= 0.3 is 5.76 Å². The highest BCUT2D eigenvalue weighted by Crippen LogP contribution is 2.31. The molecule has 0 aliphatic carbocycles. The van der Waals surface area contributed by atoms with Crippen molar-refractivity contribution in [3.05, 3.63) is 110 Å². The molecule has 0 aliphatic rings. The molecular weight excluding hydrogens is 508 g/mol. The van der Waals surface area contributed by atoms with Gasteiger partial charge in [-0.15, -0.1) is 0 Å². The van der Waals surface area contributed by atoms with Crippen LogP contribution in [0.5, 0.6) is 11.5 Å². The molecule has 0 atom stereocenters. The molecule has 5 rings (SSSR count). The van der Waals surface area contributed by atoms with Crippen LogP contribution in [0.2, 0.25) is 0 Å². The predicted octanol–water partition coefficient (Wildman–Crippen LogP) is 5.20. The summed E-state index contributed by atoms with van der Waals surface area (Å²) in [5.74, 6) is 0.594. The summed E-state index contributed by atoms with van der Waals surface area (Å²) < 4.78 is 11.4. The number of unbranched alkanes of at least 4 members (excludes halogenated alkanes) is 1. The number of nitrogens with one attached hydrogen (secondary N) is 1. The molecule has 2 N–H and O–H groups in total. The normalized spacial score (nSPS) is 11.1. The van der Waals surface area contributed by atoms with Crippen LogP contribution >= 0.6 is 0 Å². The number of nitrogens with zero attached hydrogens (tertiary/aromatic N) is 3. The molecule has 0 spiro atoms. The van der Waals surface area contributed by atoms with E-state index in [1.54, 1.807) is 19.1 Å². The molecule has 204 valence electrons. The number of phenols is 1. The highest BCUT2D eigenvalue weighted by molar-refractivity contribution is 5.80. The number of aromatic hydroxyl groups is 1. The summed E-state index contributed by atoms with van der Waals surface area (Å²) in [6, 6.07) is 20.4. The lowest BCUT2D eigenvalue weighted by Gasteiger charge is -2.16. The van der Waals surface area contributed by atoms with Crippen molar-refractivity contribution in [1.29, 1.82) is 0 Å². The van der Waals surface area contributed by atoms with Crippen LogP contribution in [0.15, 0.2) is 80.8 Å². The van der Waals surface area contributed by atoms with Crippen LogP contribution in [0, 0.1) is 6.92 Å². The van der Waals surface area contributed by atoms with Crippen LogP contribution in [0.3, 0.4) is 0 Å². The lowest BCUT2D eigenvalue weighted by molar-refractivity contribution is 0.373. The van der Waals surface area contributed by atoms with E-state index >= 15 is 0 Å². The molecule has 0 saturated heterocycles. The molecule has 2 heterocycles. The van der Waals surface area contributed by atoms with E-state index in [9.17, 15) is 14.7 Å². The molecule has 9 heteroatoms. The third-order valence-corrected chi connectivity index (χ3v) is 6.89. The molecule has 0 bridgehead atoms. The standard InChI is InChI=1S/C31H30N4O5/c1-4-5-10-26-25(30(37)35(19(2)32-26)22-15-16-28(39-3)27(36)18-22)17-20-11-13-21(14-12-20)23-8-6-7-9-24(23)29-33-31(38)40-34-29/h6-9,11-16,18,36H,4-5,10,17H2,1-3H3,(H,33,34,38). The van der Waals surface area contributed by atoms with E-state index < -0.39 is 5.76 Å². The molecule has 0 radical (unpaired) electrons. The summed E-state index contributed by atoms with van der Waals surface area (Å²) in [7, 11) is 1.48. The summed E-state index contributed by atoms with van der Waals surface area (Å²) in [5.41, 5.74) is 5.31. The van der Waals surface area contributed by atoms with Gasteiger partial charge in [0.2, 0.25) is 0 Å². The minimum absolute atomic E-state index is 0.0477. The third-order valence-electron chi connectivity index (χ3n) is 6.89. The van der Waals surface area contributed by atoms with Gasteiger partial charge in [0, 0.05) is 23.6 Å². The zero-order valence-electron chi connectivity index (χ0n) is 22.6. The minimum atomic E-state index is -0.610. The van der Waals surface area contributed by atoms with Crippen molar-refractivity contribution in [2.75, 3.05) is 7.11 Å². The van der Waals surface area contributed by atoms with Crippen molar-refractivity contribution >= 4 is 0 Å². The summed E-state index contributed by atoms with van der Waals surface area (Å²) in [6.07, 6.45) is 3.02. The van der Waals surface area contributed by atoms with Crippen molar-refractivity contribution in [1.82, 2.24) is 19.7 Å². The number of aromatic amines is 1. The first-order valence-electron chi connectivity index (χ1n) is 13.1. The van der Waals surface area contributed by atoms with Gasteiger partial charge in [0.15, 0.2) is 17.3 Å². The number of aromatic nitrogens is 4. The van der Waals surface area contributed by atoms with Crippen LogP contribution in [0.25, 0.3) is 28.2 Å². The van der Waals surface area contributed by atoms with Gasteiger partial charge in [0.1, 0.15) is 5.82 Å². The molecule has 0 saturated carbocycles. The van der Waals surface area contributed by atoms with Crippen molar-refractivity contribution in [3.63, 3.8) is 0 Å². The minimum Gasteiger partial charge on any atom is -0.504 e. The van der Waals surface area contributed by atoms with E-state index in [0.717, 1.165) is 40.8 Å². The number of H-pyrrole nitrogens is 1. The zero-order valence-corrected chi connectivity index (χ0v) is 22.6. The Hall–Kier alpha value is -4.92. The highest BCUT2D eigenvalue weighted by atomic mass is 16.5. The Kier molecular flexibility index (Phi) is 7.63. The monoisotopic (exact) mass is 538 g/mol. The largest absolute Gasteiger partial charge is 0.504 e. The summed E-state index contributed by atoms with van der Waals surface area (Å²) in [4.78, 5) is 32.8. The molecule has 2 aromatic heterocycles. The molecular formula is C31H30N4O5. The van der Waals surface area contributed by atoms with Crippen LogP contribution in [0.4, 0.5) is 0 Å². The molecule has 0 fully saturated rings. The molecule has 0 unspecified atom stereocenters. The lowest BCUT2D eigenvalue weighted by atomic mass is 9.96. The molecule has 9 nitrogen and oxygen atoms in total. The first-order chi connectivity index (χ1) is 19.4. The topological polar surface area (TPSA) is 123 Å². The number of benzene rings is 3. The highest BCUT2D eigenvalue weighted by Gasteiger charge is 2.18. The third kappa shape index (κ3) is 5.31. The Morgan fingerprint density at radius 3 is 2.42 bits per heavy atom. The fourth-order valence-electron chi connectivity index (χ4n) is 4.86. The number of rotatable bonds is 9. The second-order valence-corrected chi connectivity index (χ2v) is 9.55. The number of hydrogen-bond donors (Lipinski definition) is 2. The maximum absolute atomic E-state index is 13.9. The van der Waals surface area contributed by atoms with Crippen molar-refractivity contribution < 1.29 is 14.4 Å². The van der Waals surface area contributed by atoms with Gasteiger partial charge in [0.25, 0.3) is 5.56 Å². The Labute approximate surface area is 230 Å². The average molecular weight is 539 g/mol. The van der Waals surface area contributed by atoms with E-state index in [-0.39, 0.29) is 11.3 Å². The van der Waals surface area contributed by atoms with Crippen molar-refractivity contribution in [3.8, 4) is 39.7 Å². The van der Waals surface area contributed by atoms with Crippen molar-refractivity contribution in [2.24, 2.45) is 0 Å². The number of aryl methyl sites for hydroxylation is 2. The van der Waals surface area contributed by atoms with Gasteiger partial charge < -0.3 is 9.84 Å². The SMILES string of the molecule is CCCCc1nc(C)n(-c2ccc(OC)c(O)c2)c(=O)c1Cc1ccc(-c2ccccc2-c2noc(=O)[nH]2)cc1. The first kappa shape index (κ1) is 26.7. The summed E-state index contributed by atoms with van der Waals surface area (Å²) in [5, 5.41) is 14.2. The van der Waals surface area contributed by atoms with E-state index in [0.29, 0.717) is 41.5 Å². The Morgan fingerprint density at radius 1 is 1.02 bits per heavy atom. The lowest BCUT2D eigenvalue weighted by Crippen LogP contribution is -2.28. The van der Waals surface area contributed by atoms with Gasteiger partial charge in [-0.05, 0) is 48.6 Å². The van der Waals surface area contributed by atoms with Crippen LogP contribution in [-0.4, -0.2) is 31.9 Å². The van der Waals surface area contributed by atoms with Gasteiger partial charge in [-0.3, -0.25) is 18.9 Å². The maximum atomic E-state index is 13.9. The second-order valence-electron chi connectivity index (χ2n) is 9.55. The van der Waals surface area contributed by atoms with Gasteiger partial charge in [0.05, 0.1) is 18.5 Å². The number of hydrogen-bond acceptors (Lipinski definition) is 7. The van der Waals surface area contributed by atoms with Gasteiger partial charge in [-0.25, -0.2) is 9.78 Å². The Balaban J connectivity index is 1.52. The number of methoxy groups -OCH3 is 1. The summed E-state index contributed by atoms with van der Waals surface area (Å²) in [6.45, 7) is 3.91. The summed E-state index contributed by atoms with van der Waals surface area (Å²) >= 11 is 0. The van der Waals surface area contributed by atoms with Crippen LogP contribution in [-0.2, 0) is 12.8 Å². The smallest absolute Gasteiger partial charge is 0.439 e. The maximum Gasteiger partial charge on any atom is 0.439 e. The second kappa shape index (κ2) is 11.4. The van der Waals surface area contributed by atoms with E-state index in [2.05, 4.69) is 17.1 Å². The van der Waals surface area contributed by atoms with Gasteiger partial charge in [-0.2, -0.15) is 0 Å². The quantitative estimate of drug-likeness (QED) is 0.264. The van der Waals surface area contributed by atoms with Crippen LogP contribution < -0.4 is 16.1 Å². The van der Waals surface area contributed by atoms with E-state index in [1.807, 2.05) is 48.5 Å². The number of ether oxygens (including phenoxy) is 1. The fraction of sp³-hybridized carbons (Fsp3) is 0.226. The first-order valence-corrected chi connectivity index (χ1v) is 13.1. The Bertz CT molecular complexity index is 1770.